The van der Waals surface area contributed by atoms with Crippen LogP contribution >= 0.6 is 0 Å². The van der Waals surface area contributed by atoms with E-state index >= 15 is 0 Å². The van der Waals surface area contributed by atoms with Crippen molar-refractivity contribution in [2.24, 2.45) is 17.6 Å². The monoisotopic (exact) mass is 242 g/mol. The predicted octanol–water partition coefficient (Wildman–Crippen LogP) is -0.686. The first kappa shape index (κ1) is 12.8. The molecule has 1 aliphatic carbocycles. The van der Waals surface area contributed by atoms with Crippen LogP contribution in [-0.4, -0.2) is 52.4 Å². The summed E-state index contributed by atoms with van der Waals surface area (Å²) in [7, 11) is 0. The average Bonchev–Trinajstić information content (AvgIpc) is 2.62. The molecular formula is C12H22N2O3. The zero-order valence-corrected chi connectivity index (χ0v) is 10.2. The fourth-order valence-corrected chi connectivity index (χ4v) is 2.91. The number of amides is 1. The Kier molecular flexibility index (Phi) is 3.70. The Labute approximate surface area is 102 Å². The van der Waals surface area contributed by atoms with E-state index in [-0.39, 0.29) is 31.0 Å². The van der Waals surface area contributed by atoms with E-state index in [2.05, 4.69) is 6.92 Å². The summed E-state index contributed by atoms with van der Waals surface area (Å²) in [6.07, 6.45) is 1.32. The van der Waals surface area contributed by atoms with Crippen LogP contribution in [0.2, 0.25) is 0 Å². The molecule has 0 aromatic carbocycles. The molecule has 0 radical (unpaired) electrons. The Balaban J connectivity index is 2.00. The minimum absolute atomic E-state index is 0.000324. The minimum Gasteiger partial charge on any atom is -0.388 e. The van der Waals surface area contributed by atoms with E-state index < -0.39 is 12.2 Å². The minimum atomic E-state index is -0.809. The van der Waals surface area contributed by atoms with Gasteiger partial charge in [0.05, 0.1) is 18.1 Å². The lowest BCUT2D eigenvalue weighted by atomic mass is 9.77. The van der Waals surface area contributed by atoms with Gasteiger partial charge in [-0.2, -0.15) is 0 Å². The first-order valence-electron chi connectivity index (χ1n) is 6.41. The number of aliphatic hydroxyl groups is 2. The molecule has 0 bridgehead atoms. The van der Waals surface area contributed by atoms with Crippen LogP contribution in [0.25, 0.3) is 0 Å². The number of carbonyl (C=O) groups excluding carboxylic acids is 1. The van der Waals surface area contributed by atoms with Gasteiger partial charge in [0.15, 0.2) is 0 Å². The lowest BCUT2D eigenvalue weighted by Gasteiger charge is -2.35. The molecule has 98 valence electrons. The molecule has 1 saturated heterocycles. The highest BCUT2D eigenvalue weighted by atomic mass is 16.3. The van der Waals surface area contributed by atoms with Crippen LogP contribution < -0.4 is 5.73 Å². The Bertz CT molecular complexity index is 287. The van der Waals surface area contributed by atoms with Crippen molar-refractivity contribution in [1.29, 1.82) is 0 Å². The Morgan fingerprint density at radius 2 is 1.82 bits per heavy atom. The van der Waals surface area contributed by atoms with Crippen molar-refractivity contribution in [1.82, 2.24) is 4.90 Å². The van der Waals surface area contributed by atoms with Crippen LogP contribution in [0.1, 0.15) is 26.2 Å². The molecule has 1 amide bonds. The highest BCUT2D eigenvalue weighted by Gasteiger charge is 2.39. The third kappa shape index (κ3) is 2.46. The van der Waals surface area contributed by atoms with Gasteiger partial charge in [0, 0.05) is 19.1 Å². The van der Waals surface area contributed by atoms with Crippen LogP contribution in [0.15, 0.2) is 0 Å². The number of carbonyl (C=O) groups is 1. The molecule has 1 aliphatic heterocycles. The maximum atomic E-state index is 12.3. The number of hydrogen-bond acceptors (Lipinski definition) is 4. The van der Waals surface area contributed by atoms with Gasteiger partial charge in [-0.3, -0.25) is 4.79 Å². The molecule has 17 heavy (non-hydrogen) atoms. The second-order valence-electron chi connectivity index (χ2n) is 5.47. The van der Waals surface area contributed by atoms with E-state index in [4.69, 9.17) is 5.73 Å². The summed E-state index contributed by atoms with van der Waals surface area (Å²) in [6, 6.07) is -0.0915. The first-order valence-corrected chi connectivity index (χ1v) is 6.41. The van der Waals surface area contributed by atoms with Gasteiger partial charge in [-0.15, -0.1) is 0 Å². The molecule has 5 atom stereocenters. The number of rotatable bonds is 1. The Hall–Kier alpha value is -0.650. The zero-order chi connectivity index (χ0) is 12.6. The number of aliphatic hydroxyl groups excluding tert-OH is 2. The third-order valence-electron chi connectivity index (χ3n) is 4.18. The summed E-state index contributed by atoms with van der Waals surface area (Å²) in [5, 5.41) is 18.9. The Morgan fingerprint density at radius 3 is 2.41 bits per heavy atom. The molecule has 2 fully saturated rings. The molecule has 0 aromatic heterocycles. The van der Waals surface area contributed by atoms with Gasteiger partial charge < -0.3 is 20.8 Å². The predicted molar refractivity (Wildman–Crippen MR) is 63.1 cm³/mol. The van der Waals surface area contributed by atoms with E-state index in [9.17, 15) is 15.0 Å². The van der Waals surface area contributed by atoms with Gasteiger partial charge in [-0.05, 0) is 18.8 Å². The second kappa shape index (κ2) is 4.92. The van der Waals surface area contributed by atoms with Crippen molar-refractivity contribution >= 4 is 5.91 Å². The summed E-state index contributed by atoms with van der Waals surface area (Å²) in [5.74, 6) is 0.228. The summed E-state index contributed by atoms with van der Waals surface area (Å²) in [4.78, 5) is 13.8. The van der Waals surface area contributed by atoms with Gasteiger partial charge in [0.1, 0.15) is 0 Å². The number of hydrogen-bond donors (Lipinski definition) is 3. The fourth-order valence-electron chi connectivity index (χ4n) is 2.91. The molecule has 5 unspecified atom stereocenters. The normalized spacial score (nSPS) is 42.8. The van der Waals surface area contributed by atoms with Crippen LogP contribution in [-0.2, 0) is 4.79 Å². The number of nitrogens with zero attached hydrogens (tertiary/aromatic N) is 1. The SMILES string of the molecule is CC1CCCC(C(=O)N2CC(O)C(O)C2)C1N. The number of nitrogens with two attached hydrogens (primary N) is 1. The van der Waals surface area contributed by atoms with Gasteiger partial charge in [-0.1, -0.05) is 13.3 Å². The topological polar surface area (TPSA) is 86.8 Å². The molecule has 5 nitrogen and oxygen atoms in total. The maximum Gasteiger partial charge on any atom is 0.227 e. The van der Waals surface area contributed by atoms with Gasteiger partial charge in [0.2, 0.25) is 5.91 Å². The quantitative estimate of drug-likeness (QED) is 0.568. The smallest absolute Gasteiger partial charge is 0.227 e. The molecule has 1 saturated carbocycles. The van der Waals surface area contributed by atoms with Crippen molar-refractivity contribution in [3.63, 3.8) is 0 Å². The van der Waals surface area contributed by atoms with Crippen molar-refractivity contribution < 1.29 is 15.0 Å². The van der Waals surface area contributed by atoms with E-state index in [0.717, 1.165) is 19.3 Å². The molecule has 0 spiro atoms. The summed E-state index contributed by atoms with van der Waals surface area (Å²) < 4.78 is 0. The summed E-state index contributed by atoms with van der Waals surface area (Å²) in [6.45, 7) is 2.55. The van der Waals surface area contributed by atoms with E-state index in [1.807, 2.05) is 0 Å². The standard InChI is InChI=1S/C12H22N2O3/c1-7-3-2-4-8(11(7)13)12(17)14-5-9(15)10(16)6-14/h7-11,15-16H,2-6,13H2,1H3. The lowest BCUT2D eigenvalue weighted by Crippen LogP contribution is -2.48. The summed E-state index contributed by atoms with van der Waals surface area (Å²) in [5.41, 5.74) is 6.09. The lowest BCUT2D eigenvalue weighted by molar-refractivity contribution is -0.137. The third-order valence-corrected chi connectivity index (χ3v) is 4.18. The number of likely N-dealkylation sites (tertiary alicyclic amines) is 1. The molecule has 4 N–H and O–H groups in total. The highest BCUT2D eigenvalue weighted by Crippen LogP contribution is 2.30. The van der Waals surface area contributed by atoms with E-state index in [0.29, 0.717) is 5.92 Å². The van der Waals surface area contributed by atoms with Crippen molar-refractivity contribution in [3.8, 4) is 0 Å². The zero-order valence-electron chi connectivity index (χ0n) is 10.2. The van der Waals surface area contributed by atoms with Gasteiger partial charge >= 0.3 is 0 Å². The van der Waals surface area contributed by atoms with Gasteiger partial charge in [-0.25, -0.2) is 0 Å². The van der Waals surface area contributed by atoms with Crippen molar-refractivity contribution in [2.45, 2.75) is 44.4 Å². The van der Waals surface area contributed by atoms with Crippen LogP contribution in [0, 0.1) is 11.8 Å². The second-order valence-corrected chi connectivity index (χ2v) is 5.47. The van der Waals surface area contributed by atoms with E-state index in [1.165, 1.54) is 0 Å². The molecule has 0 aromatic rings. The molecule has 2 aliphatic rings. The highest BCUT2D eigenvalue weighted by molar-refractivity contribution is 5.80. The molecule has 5 heteroatoms. The fraction of sp³-hybridized carbons (Fsp3) is 0.917. The van der Waals surface area contributed by atoms with Crippen molar-refractivity contribution in [3.05, 3.63) is 0 Å². The molecule has 2 rings (SSSR count). The van der Waals surface area contributed by atoms with E-state index in [1.54, 1.807) is 4.90 Å². The van der Waals surface area contributed by atoms with Crippen molar-refractivity contribution in [2.75, 3.05) is 13.1 Å². The molecule has 1 heterocycles. The van der Waals surface area contributed by atoms with Crippen LogP contribution in [0.5, 0.6) is 0 Å². The van der Waals surface area contributed by atoms with Gasteiger partial charge in [0.25, 0.3) is 0 Å². The first-order chi connectivity index (χ1) is 8.00. The Morgan fingerprint density at radius 1 is 1.24 bits per heavy atom. The largest absolute Gasteiger partial charge is 0.388 e. The van der Waals surface area contributed by atoms with Crippen LogP contribution in [0.3, 0.4) is 0 Å². The molecular weight excluding hydrogens is 220 g/mol. The number of β-amino-alcohol motifs (C(OH)–C–C–N with tert-alkyl or cyclic N) is 2. The average molecular weight is 242 g/mol. The summed E-state index contributed by atoms with van der Waals surface area (Å²) >= 11 is 0. The van der Waals surface area contributed by atoms with Crippen LogP contribution in [0.4, 0.5) is 0 Å². The maximum absolute atomic E-state index is 12.3.